The number of benzene rings is 2. The number of carbonyl (C=O) groups is 1. The standard InChI is InChI=1S/C17H16BrFO/c1-17(2,3)13-6-4-11(5-7-13)16(20)12-8-14(18)10-15(19)9-12/h4-10H,1-3H3. The van der Waals surface area contributed by atoms with Crippen molar-refractivity contribution in [2.45, 2.75) is 26.2 Å². The second-order valence-electron chi connectivity index (χ2n) is 5.81. The molecule has 2 rings (SSSR count). The van der Waals surface area contributed by atoms with Crippen molar-refractivity contribution in [1.82, 2.24) is 0 Å². The molecule has 0 heterocycles. The van der Waals surface area contributed by atoms with E-state index in [2.05, 4.69) is 36.7 Å². The molecule has 0 N–H and O–H groups in total. The number of halogens is 2. The lowest BCUT2D eigenvalue weighted by molar-refractivity contribution is 0.103. The molecule has 0 amide bonds. The van der Waals surface area contributed by atoms with Crippen molar-refractivity contribution in [2.24, 2.45) is 0 Å². The van der Waals surface area contributed by atoms with Gasteiger partial charge in [0.05, 0.1) is 0 Å². The molecule has 0 unspecified atom stereocenters. The second-order valence-corrected chi connectivity index (χ2v) is 6.73. The first-order chi connectivity index (χ1) is 9.27. The van der Waals surface area contributed by atoms with Crippen LogP contribution in [0, 0.1) is 5.82 Å². The summed E-state index contributed by atoms with van der Waals surface area (Å²) in [7, 11) is 0. The Kier molecular flexibility index (Phi) is 4.09. The average molecular weight is 335 g/mol. The van der Waals surface area contributed by atoms with Gasteiger partial charge in [0, 0.05) is 15.6 Å². The topological polar surface area (TPSA) is 17.1 Å². The molecule has 0 fully saturated rings. The van der Waals surface area contributed by atoms with E-state index in [0.29, 0.717) is 15.6 Å². The first-order valence-electron chi connectivity index (χ1n) is 6.39. The summed E-state index contributed by atoms with van der Waals surface area (Å²) < 4.78 is 13.9. The minimum absolute atomic E-state index is 0.0451. The molecule has 2 aromatic carbocycles. The molecule has 0 spiro atoms. The highest BCUT2D eigenvalue weighted by Gasteiger charge is 2.15. The van der Waals surface area contributed by atoms with Crippen LogP contribution in [0.2, 0.25) is 0 Å². The number of carbonyl (C=O) groups excluding carboxylic acids is 1. The molecule has 104 valence electrons. The van der Waals surface area contributed by atoms with Gasteiger partial charge in [0.1, 0.15) is 5.82 Å². The van der Waals surface area contributed by atoms with Crippen LogP contribution in [0.25, 0.3) is 0 Å². The van der Waals surface area contributed by atoms with E-state index >= 15 is 0 Å². The van der Waals surface area contributed by atoms with E-state index in [1.807, 2.05) is 12.1 Å². The predicted octanol–water partition coefficient (Wildman–Crippen LogP) is 5.12. The van der Waals surface area contributed by atoms with Gasteiger partial charge in [-0.25, -0.2) is 4.39 Å². The zero-order chi connectivity index (χ0) is 14.9. The third kappa shape index (κ3) is 3.34. The van der Waals surface area contributed by atoms with Gasteiger partial charge in [0.2, 0.25) is 0 Å². The molecule has 3 heteroatoms. The zero-order valence-electron chi connectivity index (χ0n) is 11.7. The molecule has 0 radical (unpaired) electrons. The van der Waals surface area contributed by atoms with E-state index in [9.17, 15) is 9.18 Å². The maximum atomic E-state index is 13.3. The third-order valence-electron chi connectivity index (χ3n) is 3.14. The van der Waals surface area contributed by atoms with Crippen LogP contribution in [0.15, 0.2) is 46.9 Å². The molecule has 0 aliphatic carbocycles. The number of ketones is 1. The Bertz CT molecular complexity index is 619. The van der Waals surface area contributed by atoms with Gasteiger partial charge in [-0.1, -0.05) is 61.0 Å². The molecular weight excluding hydrogens is 319 g/mol. The van der Waals surface area contributed by atoms with Crippen molar-refractivity contribution in [1.29, 1.82) is 0 Å². The van der Waals surface area contributed by atoms with E-state index in [1.54, 1.807) is 18.2 Å². The SMILES string of the molecule is CC(C)(C)c1ccc(C(=O)c2cc(F)cc(Br)c2)cc1. The predicted molar refractivity (Wildman–Crippen MR) is 82.7 cm³/mol. The van der Waals surface area contributed by atoms with Gasteiger partial charge in [-0.2, -0.15) is 0 Å². The fourth-order valence-corrected chi connectivity index (χ4v) is 2.44. The maximum Gasteiger partial charge on any atom is 0.193 e. The van der Waals surface area contributed by atoms with Crippen LogP contribution in [0.4, 0.5) is 4.39 Å². The second kappa shape index (κ2) is 5.49. The summed E-state index contributed by atoms with van der Waals surface area (Å²) in [4.78, 5) is 12.3. The fraction of sp³-hybridized carbons (Fsp3) is 0.235. The van der Waals surface area contributed by atoms with Crippen LogP contribution < -0.4 is 0 Å². The van der Waals surface area contributed by atoms with Crippen LogP contribution in [-0.2, 0) is 5.41 Å². The van der Waals surface area contributed by atoms with Crippen LogP contribution in [-0.4, -0.2) is 5.78 Å². The van der Waals surface area contributed by atoms with Gasteiger partial charge in [-0.15, -0.1) is 0 Å². The molecule has 0 aromatic heterocycles. The van der Waals surface area contributed by atoms with Crippen molar-refractivity contribution in [3.05, 3.63) is 69.4 Å². The van der Waals surface area contributed by atoms with E-state index < -0.39 is 5.82 Å². The van der Waals surface area contributed by atoms with Crippen LogP contribution in [0.5, 0.6) is 0 Å². The van der Waals surface area contributed by atoms with E-state index in [-0.39, 0.29) is 11.2 Å². The highest BCUT2D eigenvalue weighted by atomic mass is 79.9. The van der Waals surface area contributed by atoms with E-state index in [4.69, 9.17) is 0 Å². The summed E-state index contributed by atoms with van der Waals surface area (Å²) >= 11 is 3.20. The molecule has 0 saturated heterocycles. The lowest BCUT2D eigenvalue weighted by Gasteiger charge is -2.19. The number of rotatable bonds is 2. The smallest absolute Gasteiger partial charge is 0.193 e. The van der Waals surface area contributed by atoms with Gasteiger partial charge in [-0.05, 0) is 29.2 Å². The monoisotopic (exact) mass is 334 g/mol. The summed E-state index contributed by atoms with van der Waals surface area (Å²) in [6.07, 6.45) is 0. The summed E-state index contributed by atoms with van der Waals surface area (Å²) in [5.41, 5.74) is 2.12. The molecule has 2 aromatic rings. The molecule has 0 saturated carbocycles. The summed E-state index contributed by atoms with van der Waals surface area (Å²) in [5, 5.41) is 0. The fourth-order valence-electron chi connectivity index (χ4n) is 1.97. The molecule has 0 atom stereocenters. The largest absolute Gasteiger partial charge is 0.289 e. The van der Waals surface area contributed by atoms with Crippen molar-refractivity contribution < 1.29 is 9.18 Å². The van der Waals surface area contributed by atoms with Crippen molar-refractivity contribution in [2.75, 3.05) is 0 Å². The van der Waals surface area contributed by atoms with E-state index in [0.717, 1.165) is 5.56 Å². The van der Waals surface area contributed by atoms with Gasteiger partial charge in [0.25, 0.3) is 0 Å². The third-order valence-corrected chi connectivity index (χ3v) is 3.60. The highest BCUT2D eigenvalue weighted by molar-refractivity contribution is 9.10. The Balaban J connectivity index is 2.34. The minimum atomic E-state index is -0.422. The minimum Gasteiger partial charge on any atom is -0.289 e. The van der Waals surface area contributed by atoms with Gasteiger partial charge < -0.3 is 0 Å². The Labute approximate surface area is 127 Å². The molecule has 0 bridgehead atoms. The first kappa shape index (κ1) is 14.9. The van der Waals surface area contributed by atoms with Crippen molar-refractivity contribution in [3.8, 4) is 0 Å². The zero-order valence-corrected chi connectivity index (χ0v) is 13.3. The number of hydrogen-bond acceptors (Lipinski definition) is 1. The summed E-state index contributed by atoms with van der Waals surface area (Å²) in [6.45, 7) is 6.36. The molecule has 0 aliphatic rings. The quantitative estimate of drug-likeness (QED) is 0.697. The highest BCUT2D eigenvalue weighted by Crippen LogP contribution is 2.23. The van der Waals surface area contributed by atoms with Crippen LogP contribution in [0.3, 0.4) is 0 Å². The van der Waals surface area contributed by atoms with Gasteiger partial charge in [0.15, 0.2) is 5.78 Å². The van der Waals surface area contributed by atoms with Gasteiger partial charge in [-0.3, -0.25) is 4.79 Å². The lowest BCUT2D eigenvalue weighted by atomic mass is 9.86. The Hall–Kier alpha value is -1.48. The summed E-state index contributed by atoms with van der Waals surface area (Å²) in [5.74, 6) is -0.598. The molecular formula is C17H16BrFO. The Morgan fingerprint density at radius 1 is 1.00 bits per heavy atom. The number of hydrogen-bond donors (Lipinski definition) is 0. The maximum absolute atomic E-state index is 13.3. The Morgan fingerprint density at radius 2 is 1.60 bits per heavy atom. The molecule has 20 heavy (non-hydrogen) atoms. The van der Waals surface area contributed by atoms with Crippen LogP contribution in [0.1, 0.15) is 42.3 Å². The molecule has 0 aliphatic heterocycles. The first-order valence-corrected chi connectivity index (χ1v) is 7.18. The van der Waals surface area contributed by atoms with Gasteiger partial charge >= 0.3 is 0 Å². The van der Waals surface area contributed by atoms with Crippen LogP contribution >= 0.6 is 15.9 Å². The normalized spacial score (nSPS) is 11.4. The lowest BCUT2D eigenvalue weighted by Crippen LogP contribution is -2.11. The summed E-state index contributed by atoms with van der Waals surface area (Å²) in [6, 6.07) is 11.7. The average Bonchev–Trinajstić information content (AvgIpc) is 2.36. The molecule has 1 nitrogen and oxygen atoms in total. The van der Waals surface area contributed by atoms with E-state index in [1.165, 1.54) is 12.1 Å². The van der Waals surface area contributed by atoms with Crippen molar-refractivity contribution >= 4 is 21.7 Å². The Morgan fingerprint density at radius 3 is 2.10 bits per heavy atom. The van der Waals surface area contributed by atoms with Crippen molar-refractivity contribution in [3.63, 3.8) is 0 Å².